The van der Waals surface area contributed by atoms with Crippen molar-refractivity contribution >= 4 is 22.3 Å². The zero-order valence-corrected chi connectivity index (χ0v) is 15.4. The summed E-state index contributed by atoms with van der Waals surface area (Å²) in [4.78, 5) is 12.5. The molecule has 3 rings (SSSR count). The molecule has 0 amide bonds. The largest absolute Gasteiger partial charge is 0.416 e. The first-order valence-corrected chi connectivity index (χ1v) is 8.57. The van der Waals surface area contributed by atoms with E-state index < -0.39 is 11.7 Å². The van der Waals surface area contributed by atoms with Crippen LogP contribution in [0.2, 0.25) is 0 Å². The summed E-state index contributed by atoms with van der Waals surface area (Å²) in [6, 6.07) is 3.81. The minimum atomic E-state index is -4.38. The second-order valence-corrected chi connectivity index (χ2v) is 7.24. The van der Waals surface area contributed by atoms with E-state index in [1.54, 1.807) is 0 Å². The van der Waals surface area contributed by atoms with Gasteiger partial charge in [-0.2, -0.15) is 13.2 Å². The van der Waals surface area contributed by atoms with Gasteiger partial charge >= 0.3 is 6.18 Å². The second kappa shape index (κ2) is 6.15. The Bertz CT molecular complexity index is 960. The van der Waals surface area contributed by atoms with E-state index in [1.165, 1.54) is 12.1 Å². The van der Waals surface area contributed by atoms with Crippen molar-refractivity contribution in [3.8, 4) is 0 Å². The number of carbonyl (C=O) groups excluding carboxylic acids is 1. The quantitative estimate of drug-likeness (QED) is 0.617. The number of benzene rings is 1. The number of ketones is 1. The molecule has 26 heavy (non-hydrogen) atoms. The van der Waals surface area contributed by atoms with Crippen LogP contribution in [0.15, 0.2) is 35.9 Å². The molecule has 1 atom stereocenters. The van der Waals surface area contributed by atoms with Gasteiger partial charge in [-0.1, -0.05) is 12.2 Å². The summed E-state index contributed by atoms with van der Waals surface area (Å²) >= 11 is 0. The minimum absolute atomic E-state index is 0.0735. The Morgan fingerprint density at radius 1 is 1.23 bits per heavy atom. The van der Waals surface area contributed by atoms with Gasteiger partial charge in [-0.05, 0) is 68.0 Å². The Balaban J connectivity index is 2.23. The Hall–Kier alpha value is -2.30. The highest BCUT2D eigenvalue weighted by atomic mass is 19.4. The monoisotopic (exact) mass is 361 g/mol. The van der Waals surface area contributed by atoms with E-state index in [9.17, 15) is 18.0 Å². The van der Waals surface area contributed by atoms with Crippen molar-refractivity contribution in [2.24, 2.45) is 13.0 Å². The van der Waals surface area contributed by atoms with Crippen LogP contribution in [-0.2, 0) is 18.0 Å². The number of rotatable bonds is 2. The van der Waals surface area contributed by atoms with Gasteiger partial charge in [0.2, 0.25) is 0 Å². The van der Waals surface area contributed by atoms with Crippen LogP contribution in [0.3, 0.4) is 0 Å². The van der Waals surface area contributed by atoms with Gasteiger partial charge in [0.05, 0.1) is 5.56 Å². The number of hydrogen-bond donors (Lipinski definition) is 0. The number of nitrogens with zero attached hydrogens (tertiary/aromatic N) is 1. The van der Waals surface area contributed by atoms with Crippen LogP contribution in [0.5, 0.6) is 0 Å². The topological polar surface area (TPSA) is 22.0 Å². The molecule has 1 heterocycles. The zero-order valence-electron chi connectivity index (χ0n) is 15.4. The summed E-state index contributed by atoms with van der Waals surface area (Å²) in [5, 5.41) is 0.572. The summed E-state index contributed by atoms with van der Waals surface area (Å²) in [5.74, 6) is 0.157. The molecule has 1 aliphatic carbocycles. The first-order chi connectivity index (χ1) is 12.0. The number of carbonyl (C=O) groups is 1. The molecule has 0 bridgehead atoms. The Morgan fingerprint density at radius 3 is 2.46 bits per heavy atom. The molecular formula is C21H22F3NO. The fraction of sp³-hybridized carbons (Fsp3) is 0.381. The van der Waals surface area contributed by atoms with Gasteiger partial charge in [-0.3, -0.25) is 4.79 Å². The van der Waals surface area contributed by atoms with Gasteiger partial charge in [-0.25, -0.2) is 0 Å². The maximum atomic E-state index is 13.1. The molecule has 0 saturated carbocycles. The van der Waals surface area contributed by atoms with E-state index in [2.05, 4.69) is 6.58 Å². The number of halogens is 3. The van der Waals surface area contributed by atoms with Gasteiger partial charge in [0.25, 0.3) is 0 Å². The third-order valence-corrected chi connectivity index (χ3v) is 5.52. The molecule has 0 N–H and O–H groups in total. The summed E-state index contributed by atoms with van der Waals surface area (Å²) in [7, 11) is 1.84. The highest BCUT2D eigenvalue weighted by molar-refractivity contribution is 6.05. The Morgan fingerprint density at radius 2 is 1.88 bits per heavy atom. The number of Topliss-reactive ketones (excluding diaryl/α,β-unsaturated/α-hetero) is 1. The number of hydrogen-bond acceptors (Lipinski definition) is 1. The van der Waals surface area contributed by atoms with Crippen LogP contribution in [0.4, 0.5) is 13.2 Å². The average molecular weight is 361 g/mol. The van der Waals surface area contributed by atoms with Crippen molar-refractivity contribution < 1.29 is 18.0 Å². The van der Waals surface area contributed by atoms with E-state index in [4.69, 9.17) is 0 Å². The van der Waals surface area contributed by atoms with Crippen molar-refractivity contribution in [1.29, 1.82) is 0 Å². The third-order valence-electron chi connectivity index (χ3n) is 5.52. The molecule has 0 aliphatic heterocycles. The van der Waals surface area contributed by atoms with Crippen LogP contribution in [0, 0.1) is 12.8 Å². The zero-order chi connectivity index (χ0) is 19.4. The molecule has 2 aromatic rings. The fourth-order valence-corrected chi connectivity index (χ4v) is 3.87. The summed E-state index contributed by atoms with van der Waals surface area (Å²) in [5.41, 5.74) is 4.27. The number of aromatic nitrogens is 1. The predicted molar refractivity (Wildman–Crippen MR) is 97.8 cm³/mol. The molecule has 2 nitrogen and oxygen atoms in total. The van der Waals surface area contributed by atoms with Crippen molar-refractivity contribution in [1.82, 2.24) is 4.57 Å². The maximum absolute atomic E-state index is 13.1. The molecule has 1 unspecified atom stereocenters. The molecule has 138 valence electrons. The van der Waals surface area contributed by atoms with Crippen molar-refractivity contribution in [3.05, 3.63) is 52.7 Å². The normalized spacial score (nSPS) is 18.7. The number of allylic oxidation sites excluding steroid dienone is 3. The maximum Gasteiger partial charge on any atom is 0.416 e. The lowest BCUT2D eigenvalue weighted by Gasteiger charge is -2.26. The highest BCUT2D eigenvalue weighted by Crippen LogP contribution is 2.41. The second-order valence-electron chi connectivity index (χ2n) is 7.24. The smallest absolute Gasteiger partial charge is 0.344 e. The summed E-state index contributed by atoms with van der Waals surface area (Å²) < 4.78 is 41.2. The molecule has 0 fully saturated rings. The highest BCUT2D eigenvalue weighted by Gasteiger charge is 2.32. The third kappa shape index (κ3) is 2.89. The van der Waals surface area contributed by atoms with E-state index in [1.807, 2.05) is 32.4 Å². The molecule has 0 spiro atoms. The van der Waals surface area contributed by atoms with Gasteiger partial charge in [0, 0.05) is 30.1 Å². The first kappa shape index (κ1) is 18.5. The first-order valence-electron chi connectivity index (χ1n) is 8.57. The SMILES string of the molecule is C=C(C)C1CC(=O)C(C)=C(c2c(C)c3cc(C(F)(F)F)ccc3n2C)C1. The van der Waals surface area contributed by atoms with E-state index in [0.29, 0.717) is 23.8 Å². The van der Waals surface area contributed by atoms with Crippen LogP contribution < -0.4 is 0 Å². The Kier molecular flexibility index (Phi) is 4.37. The van der Waals surface area contributed by atoms with Crippen LogP contribution in [0.25, 0.3) is 16.5 Å². The van der Waals surface area contributed by atoms with Crippen molar-refractivity contribution in [2.75, 3.05) is 0 Å². The van der Waals surface area contributed by atoms with Gasteiger partial charge < -0.3 is 4.57 Å². The molecule has 0 saturated heterocycles. The Labute approximate surface area is 151 Å². The molecular weight excluding hydrogens is 339 g/mol. The molecule has 1 aromatic carbocycles. The van der Waals surface area contributed by atoms with E-state index in [-0.39, 0.29) is 11.7 Å². The number of fused-ring (bicyclic) bond motifs is 1. The summed E-state index contributed by atoms with van der Waals surface area (Å²) in [6.45, 7) is 9.54. The van der Waals surface area contributed by atoms with Crippen molar-refractivity contribution in [2.45, 2.75) is 39.8 Å². The predicted octanol–water partition coefficient (Wildman–Crippen LogP) is 5.83. The average Bonchev–Trinajstić information content (AvgIpc) is 2.80. The van der Waals surface area contributed by atoms with Gasteiger partial charge in [0.1, 0.15) is 0 Å². The van der Waals surface area contributed by atoms with Crippen LogP contribution in [-0.4, -0.2) is 10.4 Å². The van der Waals surface area contributed by atoms with Crippen LogP contribution >= 0.6 is 0 Å². The molecule has 5 heteroatoms. The van der Waals surface area contributed by atoms with E-state index >= 15 is 0 Å². The standard InChI is InChI=1S/C21H22F3NO/c1-11(2)14-8-17(12(3)19(26)9-14)20-13(4)16-10-15(21(22,23)24)6-7-18(16)25(20)5/h6-7,10,14H,1,8-9H2,2-5H3. The lowest BCUT2D eigenvalue weighted by Crippen LogP contribution is -2.19. The minimum Gasteiger partial charge on any atom is -0.344 e. The summed E-state index contributed by atoms with van der Waals surface area (Å²) in [6.07, 6.45) is -3.24. The lowest BCUT2D eigenvalue weighted by molar-refractivity contribution is -0.137. The van der Waals surface area contributed by atoms with E-state index in [0.717, 1.165) is 34.0 Å². The number of alkyl halides is 3. The van der Waals surface area contributed by atoms with Crippen LogP contribution in [0.1, 0.15) is 43.5 Å². The molecule has 1 aliphatic rings. The molecule has 1 aromatic heterocycles. The van der Waals surface area contributed by atoms with Crippen molar-refractivity contribution in [3.63, 3.8) is 0 Å². The fourth-order valence-electron chi connectivity index (χ4n) is 3.87. The van der Waals surface area contributed by atoms with Gasteiger partial charge in [-0.15, -0.1) is 0 Å². The van der Waals surface area contributed by atoms with Gasteiger partial charge in [0.15, 0.2) is 5.78 Å². The molecule has 0 radical (unpaired) electrons. The lowest BCUT2D eigenvalue weighted by atomic mass is 9.79. The number of aryl methyl sites for hydroxylation is 2.